The summed E-state index contributed by atoms with van der Waals surface area (Å²) in [6.45, 7) is 0.352. The zero-order valence-corrected chi connectivity index (χ0v) is 11.7. The Morgan fingerprint density at radius 2 is 2.25 bits per heavy atom. The van der Waals surface area contributed by atoms with Crippen molar-refractivity contribution in [2.45, 2.75) is 12.5 Å². The SMILES string of the molecule is CNC(=O)NC(=O)CN1CCc2sccc2C1C(=O)O. The van der Waals surface area contributed by atoms with E-state index in [0.29, 0.717) is 13.0 Å². The second-order valence-electron chi connectivity index (χ2n) is 4.39. The van der Waals surface area contributed by atoms with E-state index in [1.807, 2.05) is 5.38 Å². The van der Waals surface area contributed by atoms with E-state index in [2.05, 4.69) is 10.6 Å². The van der Waals surface area contributed by atoms with Crippen LogP contribution in [0.1, 0.15) is 16.5 Å². The molecule has 0 saturated carbocycles. The van der Waals surface area contributed by atoms with Crippen molar-refractivity contribution in [3.05, 3.63) is 21.9 Å². The fourth-order valence-corrected chi connectivity index (χ4v) is 3.14. The molecule has 7 nitrogen and oxygen atoms in total. The summed E-state index contributed by atoms with van der Waals surface area (Å²) in [6, 6.07) is 0.345. The molecule has 1 aromatic rings. The Morgan fingerprint density at radius 3 is 2.90 bits per heavy atom. The van der Waals surface area contributed by atoms with Gasteiger partial charge < -0.3 is 10.4 Å². The molecular weight excluding hydrogens is 282 g/mol. The largest absolute Gasteiger partial charge is 0.480 e. The third kappa shape index (κ3) is 2.97. The minimum absolute atomic E-state index is 0.125. The van der Waals surface area contributed by atoms with Gasteiger partial charge in [-0.25, -0.2) is 4.79 Å². The van der Waals surface area contributed by atoms with Gasteiger partial charge in [0.15, 0.2) is 0 Å². The van der Waals surface area contributed by atoms with Gasteiger partial charge in [0.1, 0.15) is 6.04 Å². The molecule has 8 heteroatoms. The number of nitrogens with one attached hydrogen (secondary N) is 2. The van der Waals surface area contributed by atoms with Crippen molar-refractivity contribution in [3.63, 3.8) is 0 Å². The van der Waals surface area contributed by atoms with Crippen molar-refractivity contribution in [1.82, 2.24) is 15.5 Å². The molecule has 3 amide bonds. The molecule has 0 radical (unpaired) electrons. The third-order valence-electron chi connectivity index (χ3n) is 3.13. The number of amides is 3. The summed E-state index contributed by atoms with van der Waals surface area (Å²) in [5, 5.41) is 15.6. The predicted octanol–water partition coefficient (Wildman–Crippen LogP) is 0.187. The quantitative estimate of drug-likeness (QED) is 0.739. The Hall–Kier alpha value is -1.93. The van der Waals surface area contributed by atoms with Crippen LogP contribution in [0, 0.1) is 0 Å². The van der Waals surface area contributed by atoms with Crippen LogP contribution in [-0.4, -0.2) is 48.1 Å². The molecule has 1 aliphatic heterocycles. The lowest BCUT2D eigenvalue weighted by molar-refractivity contribution is -0.144. The first-order chi connectivity index (χ1) is 9.52. The summed E-state index contributed by atoms with van der Waals surface area (Å²) < 4.78 is 0. The van der Waals surface area contributed by atoms with Crippen molar-refractivity contribution in [2.24, 2.45) is 0 Å². The molecule has 0 bridgehead atoms. The molecule has 108 valence electrons. The van der Waals surface area contributed by atoms with Gasteiger partial charge >= 0.3 is 12.0 Å². The zero-order chi connectivity index (χ0) is 14.7. The minimum atomic E-state index is -0.989. The fraction of sp³-hybridized carbons (Fsp3) is 0.417. The first-order valence-corrected chi connectivity index (χ1v) is 6.95. The molecule has 2 rings (SSSR count). The molecule has 0 fully saturated rings. The Kier molecular flexibility index (Phi) is 4.35. The van der Waals surface area contributed by atoms with Gasteiger partial charge in [0.25, 0.3) is 0 Å². The molecule has 1 aliphatic rings. The zero-order valence-electron chi connectivity index (χ0n) is 10.9. The number of carboxylic acid groups (broad SMARTS) is 1. The van der Waals surface area contributed by atoms with Gasteiger partial charge in [-0.3, -0.25) is 19.8 Å². The summed E-state index contributed by atoms with van der Waals surface area (Å²) in [5.41, 5.74) is 0.737. The van der Waals surface area contributed by atoms with Crippen LogP contribution in [0.2, 0.25) is 0 Å². The lowest BCUT2D eigenvalue weighted by Crippen LogP contribution is -2.47. The fourth-order valence-electron chi connectivity index (χ4n) is 2.24. The first kappa shape index (κ1) is 14.5. The summed E-state index contributed by atoms with van der Waals surface area (Å²) in [7, 11) is 1.40. The number of thiophene rings is 1. The first-order valence-electron chi connectivity index (χ1n) is 6.07. The van der Waals surface area contributed by atoms with Gasteiger partial charge in [-0.1, -0.05) is 0 Å². The molecule has 0 aliphatic carbocycles. The van der Waals surface area contributed by atoms with Crippen LogP contribution in [0.3, 0.4) is 0 Å². The lowest BCUT2D eigenvalue weighted by Gasteiger charge is -2.32. The van der Waals surface area contributed by atoms with Crippen LogP contribution >= 0.6 is 11.3 Å². The monoisotopic (exact) mass is 297 g/mol. The molecule has 1 aromatic heterocycles. The normalized spacial score (nSPS) is 18.1. The van der Waals surface area contributed by atoms with E-state index >= 15 is 0 Å². The van der Waals surface area contributed by atoms with Crippen LogP contribution < -0.4 is 10.6 Å². The van der Waals surface area contributed by atoms with Crippen LogP contribution in [0.25, 0.3) is 0 Å². The highest BCUT2D eigenvalue weighted by Gasteiger charge is 2.34. The van der Waals surface area contributed by atoms with Crippen LogP contribution in [0.5, 0.6) is 0 Å². The smallest absolute Gasteiger partial charge is 0.325 e. The number of carboxylic acids is 1. The Balaban J connectivity index is 2.10. The molecule has 0 saturated heterocycles. The van der Waals surface area contributed by atoms with Crippen molar-refractivity contribution in [3.8, 4) is 0 Å². The molecule has 0 aromatic carbocycles. The number of fused-ring (bicyclic) bond motifs is 1. The average molecular weight is 297 g/mol. The van der Waals surface area contributed by atoms with Gasteiger partial charge in [-0.2, -0.15) is 0 Å². The topological polar surface area (TPSA) is 98.7 Å². The van der Waals surface area contributed by atoms with Crippen molar-refractivity contribution in [2.75, 3.05) is 20.1 Å². The Morgan fingerprint density at radius 1 is 1.50 bits per heavy atom. The van der Waals surface area contributed by atoms with E-state index in [1.165, 1.54) is 18.4 Å². The van der Waals surface area contributed by atoms with Gasteiger partial charge in [-0.15, -0.1) is 11.3 Å². The highest BCUT2D eigenvalue weighted by atomic mass is 32.1. The summed E-state index contributed by atoms with van der Waals surface area (Å²) >= 11 is 1.53. The van der Waals surface area contributed by atoms with E-state index in [-0.39, 0.29) is 6.54 Å². The standard InChI is InChI=1S/C12H15N3O4S/c1-13-12(19)14-9(16)6-15-4-2-8-7(3-5-20-8)10(15)11(17)18/h3,5,10H,2,4,6H2,1H3,(H,17,18)(H2,13,14,16,19). The van der Waals surface area contributed by atoms with Gasteiger partial charge in [0.05, 0.1) is 6.54 Å². The predicted molar refractivity (Wildman–Crippen MR) is 72.6 cm³/mol. The third-order valence-corrected chi connectivity index (χ3v) is 4.12. The second kappa shape index (κ2) is 6.02. The summed E-state index contributed by atoms with van der Waals surface area (Å²) in [5.74, 6) is -1.51. The van der Waals surface area contributed by atoms with Crippen molar-refractivity contribution < 1.29 is 19.5 Å². The number of carbonyl (C=O) groups excluding carboxylic acids is 2. The number of imide groups is 1. The van der Waals surface area contributed by atoms with Gasteiger partial charge in [0, 0.05) is 18.5 Å². The summed E-state index contributed by atoms with van der Waals surface area (Å²) in [4.78, 5) is 36.8. The Labute approximate surface area is 119 Å². The second-order valence-corrected chi connectivity index (χ2v) is 5.39. The number of aliphatic carboxylic acids is 1. The van der Waals surface area contributed by atoms with Crippen LogP contribution in [-0.2, 0) is 16.0 Å². The highest BCUT2D eigenvalue weighted by molar-refractivity contribution is 7.10. The van der Waals surface area contributed by atoms with Crippen molar-refractivity contribution in [1.29, 1.82) is 0 Å². The van der Waals surface area contributed by atoms with Gasteiger partial charge in [-0.05, 0) is 23.4 Å². The number of hydrogen-bond acceptors (Lipinski definition) is 5. The molecule has 2 heterocycles. The van der Waals surface area contributed by atoms with E-state index < -0.39 is 23.9 Å². The number of urea groups is 1. The Bertz CT molecular complexity index is 543. The average Bonchev–Trinajstić information content (AvgIpc) is 2.85. The van der Waals surface area contributed by atoms with E-state index in [4.69, 9.17) is 0 Å². The number of hydrogen-bond donors (Lipinski definition) is 3. The highest BCUT2D eigenvalue weighted by Crippen LogP contribution is 2.33. The molecule has 1 atom stereocenters. The van der Waals surface area contributed by atoms with E-state index in [9.17, 15) is 19.5 Å². The van der Waals surface area contributed by atoms with Crippen molar-refractivity contribution >= 4 is 29.2 Å². The van der Waals surface area contributed by atoms with Gasteiger partial charge in [0.2, 0.25) is 5.91 Å². The minimum Gasteiger partial charge on any atom is -0.480 e. The maximum Gasteiger partial charge on any atom is 0.325 e. The number of nitrogens with zero attached hydrogens (tertiary/aromatic N) is 1. The molecule has 3 N–H and O–H groups in total. The number of carbonyl (C=O) groups is 3. The molecular formula is C12H15N3O4S. The summed E-state index contributed by atoms with van der Waals surface area (Å²) in [6.07, 6.45) is 0.712. The molecule has 1 unspecified atom stereocenters. The van der Waals surface area contributed by atoms with E-state index in [0.717, 1.165) is 10.4 Å². The van der Waals surface area contributed by atoms with E-state index in [1.54, 1.807) is 11.0 Å². The number of rotatable bonds is 3. The molecule has 0 spiro atoms. The lowest BCUT2D eigenvalue weighted by atomic mass is 10.00. The maximum absolute atomic E-state index is 11.7. The maximum atomic E-state index is 11.7. The van der Waals surface area contributed by atoms with Crippen LogP contribution in [0.15, 0.2) is 11.4 Å². The van der Waals surface area contributed by atoms with Crippen LogP contribution in [0.4, 0.5) is 4.79 Å². The molecule has 20 heavy (non-hydrogen) atoms.